The van der Waals surface area contributed by atoms with Crippen molar-refractivity contribution in [3.8, 4) is 17.2 Å². The van der Waals surface area contributed by atoms with Crippen LogP contribution in [0.5, 0.6) is 17.2 Å². The fourth-order valence-electron chi connectivity index (χ4n) is 2.65. The smallest absolute Gasteiger partial charge is 0.240 e. The minimum atomic E-state index is -3.63. The number of sulfonamides is 1. The minimum absolute atomic E-state index is 0.140. The van der Waals surface area contributed by atoms with Crippen LogP contribution in [0.15, 0.2) is 65.6 Å². The number of ether oxygens (including phenoxy) is 3. The molecule has 1 N–H and O–H groups in total. The van der Waals surface area contributed by atoms with Crippen LogP contribution in [0.2, 0.25) is 0 Å². The molecule has 0 bridgehead atoms. The molecule has 6 nitrogen and oxygen atoms in total. The second-order valence-electron chi connectivity index (χ2n) is 5.77. The third kappa shape index (κ3) is 4.50. The zero-order valence-electron chi connectivity index (χ0n) is 15.1. The van der Waals surface area contributed by atoms with Gasteiger partial charge in [-0.2, -0.15) is 0 Å². The summed E-state index contributed by atoms with van der Waals surface area (Å²) in [5.74, 6) is 1.90. The summed E-state index contributed by atoms with van der Waals surface area (Å²) < 4.78 is 43.6. The number of methoxy groups -OCH3 is 2. The van der Waals surface area contributed by atoms with Gasteiger partial charge in [-0.3, -0.25) is 0 Å². The molecule has 0 unspecified atom stereocenters. The number of nitrogens with one attached hydrogen (secondary N) is 1. The van der Waals surface area contributed by atoms with Crippen molar-refractivity contribution in [1.82, 2.24) is 4.72 Å². The largest absolute Gasteiger partial charge is 0.497 e. The molecule has 0 saturated heterocycles. The van der Waals surface area contributed by atoms with Crippen LogP contribution in [0.1, 0.15) is 0 Å². The Balaban J connectivity index is 1.65. The highest BCUT2D eigenvalue weighted by Gasteiger charge is 2.14. The predicted molar refractivity (Wildman–Crippen MR) is 104 cm³/mol. The first-order valence-electron chi connectivity index (χ1n) is 8.37. The summed E-state index contributed by atoms with van der Waals surface area (Å²) in [7, 11) is -0.480. The molecule has 0 spiro atoms. The molecule has 0 fully saturated rings. The summed E-state index contributed by atoms with van der Waals surface area (Å²) in [6.45, 7) is 0.325. The first kappa shape index (κ1) is 19.0. The van der Waals surface area contributed by atoms with E-state index in [9.17, 15) is 8.42 Å². The Labute approximate surface area is 158 Å². The van der Waals surface area contributed by atoms with Crippen LogP contribution in [-0.2, 0) is 10.0 Å². The molecule has 3 aromatic rings. The van der Waals surface area contributed by atoms with Gasteiger partial charge >= 0.3 is 0 Å². The van der Waals surface area contributed by atoms with E-state index in [1.807, 2.05) is 24.3 Å². The van der Waals surface area contributed by atoms with E-state index in [1.54, 1.807) is 50.6 Å². The highest BCUT2D eigenvalue weighted by molar-refractivity contribution is 7.89. The lowest BCUT2D eigenvalue weighted by Crippen LogP contribution is -2.28. The lowest BCUT2D eigenvalue weighted by molar-refractivity contribution is 0.299. The lowest BCUT2D eigenvalue weighted by Gasteiger charge is -2.11. The zero-order chi connectivity index (χ0) is 19.3. The highest BCUT2D eigenvalue weighted by atomic mass is 32.2. The maximum absolute atomic E-state index is 12.5. The van der Waals surface area contributed by atoms with Crippen LogP contribution in [0, 0.1) is 0 Å². The summed E-state index contributed by atoms with van der Waals surface area (Å²) in [5.41, 5.74) is 0. The van der Waals surface area contributed by atoms with Crippen LogP contribution in [0.3, 0.4) is 0 Å². The van der Waals surface area contributed by atoms with E-state index in [0.717, 1.165) is 16.5 Å². The van der Waals surface area contributed by atoms with Gasteiger partial charge < -0.3 is 14.2 Å². The van der Waals surface area contributed by atoms with Crippen molar-refractivity contribution in [3.05, 3.63) is 60.7 Å². The molecule has 3 rings (SSSR count). The Bertz CT molecular complexity index is 1030. The molecule has 0 saturated carbocycles. The van der Waals surface area contributed by atoms with Gasteiger partial charge in [-0.05, 0) is 47.2 Å². The molecule has 0 aliphatic rings. The number of fused-ring (bicyclic) bond motifs is 1. The molecule has 0 aliphatic heterocycles. The minimum Gasteiger partial charge on any atom is -0.497 e. The zero-order valence-corrected chi connectivity index (χ0v) is 16.0. The summed E-state index contributed by atoms with van der Waals surface area (Å²) >= 11 is 0. The fourth-order valence-corrected chi connectivity index (χ4v) is 3.70. The molecular weight excluding hydrogens is 366 g/mol. The van der Waals surface area contributed by atoms with Gasteiger partial charge in [0, 0.05) is 6.54 Å². The average Bonchev–Trinajstić information content (AvgIpc) is 2.70. The number of hydrogen-bond donors (Lipinski definition) is 1. The number of hydrogen-bond acceptors (Lipinski definition) is 5. The molecule has 0 radical (unpaired) electrons. The van der Waals surface area contributed by atoms with E-state index >= 15 is 0 Å². The van der Waals surface area contributed by atoms with Gasteiger partial charge in [0.25, 0.3) is 0 Å². The Morgan fingerprint density at radius 2 is 1.56 bits per heavy atom. The molecule has 0 aliphatic carbocycles. The monoisotopic (exact) mass is 387 g/mol. The van der Waals surface area contributed by atoms with Crippen LogP contribution >= 0.6 is 0 Å². The molecule has 27 heavy (non-hydrogen) atoms. The maximum Gasteiger partial charge on any atom is 0.240 e. The van der Waals surface area contributed by atoms with E-state index in [4.69, 9.17) is 14.2 Å². The fraction of sp³-hybridized carbons (Fsp3) is 0.200. The third-order valence-electron chi connectivity index (χ3n) is 4.05. The van der Waals surface area contributed by atoms with Crippen molar-refractivity contribution >= 4 is 20.8 Å². The second-order valence-corrected chi connectivity index (χ2v) is 7.54. The lowest BCUT2D eigenvalue weighted by atomic mass is 10.1. The standard InChI is InChI=1S/C20H21NO5S/c1-24-17-9-7-16-14-18(10-8-15(16)13-17)27(22,23)21-11-12-26-20-6-4-3-5-19(20)25-2/h3-10,13-14,21H,11-12H2,1-2H3. The molecule has 7 heteroatoms. The van der Waals surface area contributed by atoms with Gasteiger partial charge in [-0.1, -0.05) is 24.3 Å². The predicted octanol–water partition coefficient (Wildman–Crippen LogP) is 3.21. The van der Waals surface area contributed by atoms with Gasteiger partial charge in [0.05, 0.1) is 19.1 Å². The first-order valence-corrected chi connectivity index (χ1v) is 9.85. The first-order chi connectivity index (χ1) is 13.0. The van der Waals surface area contributed by atoms with Gasteiger partial charge in [0.2, 0.25) is 10.0 Å². The quantitative estimate of drug-likeness (QED) is 0.601. The molecule has 0 aromatic heterocycles. The molecule has 142 valence electrons. The van der Waals surface area contributed by atoms with E-state index < -0.39 is 10.0 Å². The van der Waals surface area contributed by atoms with Crippen molar-refractivity contribution < 1.29 is 22.6 Å². The highest BCUT2D eigenvalue weighted by Crippen LogP contribution is 2.26. The van der Waals surface area contributed by atoms with Gasteiger partial charge in [-0.25, -0.2) is 13.1 Å². The Hall–Kier alpha value is -2.77. The summed E-state index contributed by atoms with van der Waals surface area (Å²) in [4.78, 5) is 0.206. The molecule has 0 heterocycles. The second kappa shape index (κ2) is 8.28. The molecule has 0 amide bonds. The summed E-state index contributed by atoms with van der Waals surface area (Å²) in [6.07, 6.45) is 0. The van der Waals surface area contributed by atoms with E-state index in [0.29, 0.717) is 11.5 Å². The summed E-state index contributed by atoms with van der Waals surface area (Å²) in [5, 5.41) is 1.73. The Kier molecular flexibility index (Phi) is 5.83. The molecular formula is C20H21NO5S. The van der Waals surface area contributed by atoms with Crippen molar-refractivity contribution in [2.75, 3.05) is 27.4 Å². The average molecular weight is 387 g/mol. The Morgan fingerprint density at radius 3 is 2.30 bits per heavy atom. The van der Waals surface area contributed by atoms with Crippen LogP contribution in [-0.4, -0.2) is 35.8 Å². The van der Waals surface area contributed by atoms with Crippen molar-refractivity contribution in [1.29, 1.82) is 0 Å². The van der Waals surface area contributed by atoms with Crippen LogP contribution in [0.4, 0.5) is 0 Å². The van der Waals surface area contributed by atoms with Crippen LogP contribution in [0.25, 0.3) is 10.8 Å². The topological polar surface area (TPSA) is 73.9 Å². The van der Waals surface area contributed by atoms with E-state index in [-0.39, 0.29) is 18.0 Å². The summed E-state index contributed by atoms with van der Waals surface area (Å²) in [6, 6.07) is 17.7. The Morgan fingerprint density at radius 1 is 0.852 bits per heavy atom. The van der Waals surface area contributed by atoms with Crippen LogP contribution < -0.4 is 18.9 Å². The van der Waals surface area contributed by atoms with E-state index in [2.05, 4.69) is 4.72 Å². The van der Waals surface area contributed by atoms with Crippen molar-refractivity contribution in [2.24, 2.45) is 0 Å². The van der Waals surface area contributed by atoms with Gasteiger partial charge in [0.1, 0.15) is 12.4 Å². The number of benzene rings is 3. The SMILES string of the molecule is COc1ccc2cc(S(=O)(=O)NCCOc3ccccc3OC)ccc2c1. The maximum atomic E-state index is 12.5. The van der Waals surface area contributed by atoms with Gasteiger partial charge in [-0.15, -0.1) is 0 Å². The van der Waals surface area contributed by atoms with Crippen molar-refractivity contribution in [2.45, 2.75) is 4.90 Å². The normalized spacial score (nSPS) is 11.3. The van der Waals surface area contributed by atoms with E-state index in [1.165, 1.54) is 0 Å². The number of para-hydroxylation sites is 2. The third-order valence-corrected chi connectivity index (χ3v) is 5.51. The molecule has 3 aromatic carbocycles. The van der Waals surface area contributed by atoms with Gasteiger partial charge in [0.15, 0.2) is 11.5 Å². The van der Waals surface area contributed by atoms with Crippen molar-refractivity contribution in [3.63, 3.8) is 0 Å². The molecule has 0 atom stereocenters. The number of rotatable bonds is 8.